The number of aryl methyl sites for hydroxylation is 2. The lowest BCUT2D eigenvalue weighted by atomic mass is 10.1. The summed E-state index contributed by atoms with van der Waals surface area (Å²) in [6.45, 7) is 3.99. The van der Waals surface area contributed by atoms with Crippen LogP contribution < -0.4 is 15.0 Å². The van der Waals surface area contributed by atoms with Crippen LogP contribution in [0.5, 0.6) is 11.5 Å². The highest BCUT2D eigenvalue weighted by Crippen LogP contribution is 2.46. The Balaban J connectivity index is 1.64. The van der Waals surface area contributed by atoms with Crippen molar-refractivity contribution in [2.45, 2.75) is 13.8 Å². The fraction of sp³-hybridized carbons (Fsp3) is 0.0909. The molecule has 0 aliphatic carbocycles. The van der Waals surface area contributed by atoms with Crippen molar-refractivity contribution in [2.24, 2.45) is 0 Å². The van der Waals surface area contributed by atoms with Crippen LogP contribution in [-0.2, 0) is 0 Å². The second-order valence-corrected chi connectivity index (χ2v) is 7.88. The third-order valence-electron chi connectivity index (χ3n) is 4.82. The molecule has 1 aliphatic heterocycles. The van der Waals surface area contributed by atoms with E-state index in [1.54, 1.807) is 22.4 Å². The molecule has 6 heteroatoms. The predicted octanol–water partition coefficient (Wildman–Crippen LogP) is 6.39. The van der Waals surface area contributed by atoms with E-state index in [-0.39, 0.29) is 6.03 Å². The van der Waals surface area contributed by atoms with Gasteiger partial charge >= 0.3 is 6.03 Å². The standard InChI is InChI=1S/C22H17N3O2S/c1-13-8-9-16(27-15-6-4-3-5-7-15)12-18(13)25-17-10-11-23-21-19(17)20(14(2)28-21)24-22(25)26/h3-12H,1-2H3,(H,24,26). The van der Waals surface area contributed by atoms with Crippen LogP contribution >= 0.6 is 11.3 Å². The number of urea groups is 1. The lowest BCUT2D eigenvalue weighted by Gasteiger charge is -2.29. The molecule has 0 unspecified atom stereocenters. The first-order valence-corrected chi connectivity index (χ1v) is 9.76. The fourth-order valence-electron chi connectivity index (χ4n) is 3.48. The van der Waals surface area contributed by atoms with E-state index in [0.717, 1.165) is 43.5 Å². The van der Waals surface area contributed by atoms with Crippen LogP contribution in [0.1, 0.15) is 10.4 Å². The highest BCUT2D eigenvalue weighted by molar-refractivity contribution is 7.19. The molecular weight excluding hydrogens is 370 g/mol. The Bertz CT molecular complexity index is 1220. The number of aromatic nitrogens is 1. The molecule has 0 fully saturated rings. The highest BCUT2D eigenvalue weighted by Gasteiger charge is 2.30. The van der Waals surface area contributed by atoms with Crippen LogP contribution in [0.3, 0.4) is 0 Å². The summed E-state index contributed by atoms with van der Waals surface area (Å²) in [5, 5.41) is 4.02. The maximum Gasteiger partial charge on any atom is 0.331 e. The number of para-hydroxylation sites is 1. The van der Waals surface area contributed by atoms with Gasteiger partial charge in [-0.2, -0.15) is 0 Å². The topological polar surface area (TPSA) is 54.5 Å². The molecule has 4 aromatic rings. The molecule has 0 saturated carbocycles. The van der Waals surface area contributed by atoms with Crippen molar-refractivity contribution in [1.29, 1.82) is 0 Å². The van der Waals surface area contributed by atoms with Crippen LogP contribution in [0.4, 0.5) is 21.9 Å². The third kappa shape index (κ3) is 2.61. The number of anilines is 3. The number of nitrogens with one attached hydrogen (secondary N) is 1. The van der Waals surface area contributed by atoms with Gasteiger partial charge in [-0.3, -0.25) is 4.90 Å². The number of thiophene rings is 1. The molecule has 0 radical (unpaired) electrons. The van der Waals surface area contributed by atoms with Crippen molar-refractivity contribution in [3.63, 3.8) is 0 Å². The molecule has 2 aromatic carbocycles. The number of carbonyl (C=O) groups is 1. The minimum atomic E-state index is -0.179. The Hall–Kier alpha value is -3.38. The van der Waals surface area contributed by atoms with Gasteiger partial charge in [0.15, 0.2) is 0 Å². The van der Waals surface area contributed by atoms with E-state index < -0.39 is 0 Å². The zero-order valence-electron chi connectivity index (χ0n) is 15.4. The van der Waals surface area contributed by atoms with E-state index >= 15 is 0 Å². The number of nitrogens with zero attached hydrogens (tertiary/aromatic N) is 2. The summed E-state index contributed by atoms with van der Waals surface area (Å²) >= 11 is 1.59. The molecule has 5 nitrogen and oxygen atoms in total. The SMILES string of the molecule is Cc1ccc(Oc2ccccc2)cc1N1C(=O)Nc2c(C)sc3nccc1c23. The average molecular weight is 387 g/mol. The van der Waals surface area contributed by atoms with E-state index in [2.05, 4.69) is 10.3 Å². The lowest BCUT2D eigenvalue weighted by molar-refractivity contribution is 0.259. The van der Waals surface area contributed by atoms with Crippen molar-refractivity contribution in [3.05, 3.63) is 71.2 Å². The number of carbonyl (C=O) groups excluding carboxylic acids is 1. The zero-order chi connectivity index (χ0) is 19.3. The van der Waals surface area contributed by atoms with Crippen molar-refractivity contribution < 1.29 is 9.53 Å². The summed E-state index contributed by atoms with van der Waals surface area (Å²) in [5.41, 5.74) is 3.47. The van der Waals surface area contributed by atoms with Gasteiger partial charge in [0, 0.05) is 17.1 Å². The van der Waals surface area contributed by atoms with Crippen molar-refractivity contribution in [1.82, 2.24) is 4.98 Å². The van der Waals surface area contributed by atoms with Gasteiger partial charge in [0.2, 0.25) is 0 Å². The van der Waals surface area contributed by atoms with Crippen LogP contribution in [-0.4, -0.2) is 11.0 Å². The molecular formula is C22H17N3O2S. The Morgan fingerprint density at radius 2 is 1.82 bits per heavy atom. The lowest BCUT2D eigenvalue weighted by Crippen LogP contribution is -2.34. The quantitative estimate of drug-likeness (QED) is 0.443. The summed E-state index contributed by atoms with van der Waals surface area (Å²) in [5.74, 6) is 1.43. The molecule has 0 atom stereocenters. The van der Waals surface area contributed by atoms with Gasteiger partial charge in [0.05, 0.1) is 22.4 Å². The maximum absolute atomic E-state index is 13.0. The minimum Gasteiger partial charge on any atom is -0.457 e. The number of ether oxygens (including phenoxy) is 1. The smallest absolute Gasteiger partial charge is 0.331 e. The second kappa shape index (κ2) is 6.35. The fourth-order valence-corrected chi connectivity index (χ4v) is 4.45. The Morgan fingerprint density at radius 3 is 2.64 bits per heavy atom. The van der Waals surface area contributed by atoms with Crippen molar-refractivity contribution >= 4 is 44.6 Å². The zero-order valence-corrected chi connectivity index (χ0v) is 16.2. The summed E-state index contributed by atoms with van der Waals surface area (Å²) in [6, 6.07) is 17.1. The molecule has 1 aliphatic rings. The summed E-state index contributed by atoms with van der Waals surface area (Å²) in [6.07, 6.45) is 1.75. The summed E-state index contributed by atoms with van der Waals surface area (Å²) in [7, 11) is 0. The normalized spacial score (nSPS) is 12.9. The van der Waals surface area contributed by atoms with Gasteiger partial charge in [-0.05, 0) is 43.7 Å². The first kappa shape index (κ1) is 16.8. The van der Waals surface area contributed by atoms with E-state index in [1.807, 2.05) is 68.4 Å². The van der Waals surface area contributed by atoms with Crippen LogP contribution in [0.15, 0.2) is 60.8 Å². The van der Waals surface area contributed by atoms with E-state index in [4.69, 9.17) is 4.74 Å². The predicted molar refractivity (Wildman–Crippen MR) is 113 cm³/mol. The molecule has 3 heterocycles. The first-order chi connectivity index (χ1) is 13.6. The first-order valence-electron chi connectivity index (χ1n) is 8.94. The summed E-state index contributed by atoms with van der Waals surface area (Å²) < 4.78 is 5.98. The van der Waals surface area contributed by atoms with E-state index in [0.29, 0.717) is 5.75 Å². The molecule has 0 bridgehead atoms. The van der Waals surface area contributed by atoms with Crippen LogP contribution in [0.25, 0.3) is 10.2 Å². The number of rotatable bonds is 3. The van der Waals surface area contributed by atoms with Gasteiger partial charge < -0.3 is 10.1 Å². The monoisotopic (exact) mass is 387 g/mol. The van der Waals surface area contributed by atoms with Crippen LogP contribution in [0.2, 0.25) is 0 Å². The minimum absolute atomic E-state index is 0.179. The maximum atomic E-state index is 13.0. The number of hydrogen-bond donors (Lipinski definition) is 1. The van der Waals surface area contributed by atoms with Gasteiger partial charge in [0.25, 0.3) is 0 Å². The third-order valence-corrected chi connectivity index (χ3v) is 5.84. The van der Waals surface area contributed by atoms with Gasteiger partial charge in [-0.15, -0.1) is 11.3 Å². The Labute approximate surface area is 166 Å². The molecule has 1 N–H and O–H groups in total. The van der Waals surface area contributed by atoms with Gasteiger partial charge in [-0.1, -0.05) is 24.3 Å². The number of pyridine rings is 1. The molecule has 0 spiro atoms. The van der Waals surface area contributed by atoms with Crippen molar-refractivity contribution in [3.8, 4) is 11.5 Å². The van der Waals surface area contributed by atoms with Gasteiger partial charge in [0.1, 0.15) is 16.3 Å². The number of benzene rings is 2. The van der Waals surface area contributed by atoms with Crippen molar-refractivity contribution in [2.75, 3.05) is 10.2 Å². The second-order valence-electron chi connectivity index (χ2n) is 6.67. The number of amides is 2. The van der Waals surface area contributed by atoms with E-state index in [9.17, 15) is 4.79 Å². The Kier molecular flexibility index (Phi) is 3.80. The molecule has 2 aromatic heterocycles. The largest absolute Gasteiger partial charge is 0.457 e. The highest BCUT2D eigenvalue weighted by atomic mass is 32.1. The van der Waals surface area contributed by atoms with Gasteiger partial charge in [-0.25, -0.2) is 9.78 Å². The molecule has 2 amide bonds. The number of hydrogen-bond acceptors (Lipinski definition) is 4. The van der Waals surface area contributed by atoms with Crippen LogP contribution in [0, 0.1) is 13.8 Å². The Morgan fingerprint density at radius 1 is 1.00 bits per heavy atom. The molecule has 0 saturated heterocycles. The average Bonchev–Trinajstić information content (AvgIpc) is 3.01. The summed E-state index contributed by atoms with van der Waals surface area (Å²) in [4.78, 5) is 21.2. The van der Waals surface area contributed by atoms with E-state index in [1.165, 1.54) is 0 Å². The molecule has 28 heavy (non-hydrogen) atoms. The molecule has 138 valence electrons. The molecule has 5 rings (SSSR count).